The monoisotopic (exact) mass is 326 g/mol. The van der Waals surface area contributed by atoms with Gasteiger partial charge in [0.15, 0.2) is 0 Å². The van der Waals surface area contributed by atoms with Crippen LogP contribution in [0.3, 0.4) is 0 Å². The quantitative estimate of drug-likeness (QED) is 0.892. The molecule has 0 saturated carbocycles. The molecule has 0 spiro atoms. The number of carbonyl (C=O) groups excluding carboxylic acids is 1. The molecule has 1 unspecified atom stereocenters. The van der Waals surface area contributed by atoms with Crippen LogP contribution >= 0.6 is 15.9 Å². The Kier molecular flexibility index (Phi) is 5.22. The van der Waals surface area contributed by atoms with Crippen molar-refractivity contribution in [2.75, 3.05) is 13.7 Å². The Labute approximate surface area is 122 Å². The first-order valence-corrected chi connectivity index (χ1v) is 7.33. The number of hydrogen-bond acceptors (Lipinski definition) is 3. The summed E-state index contributed by atoms with van der Waals surface area (Å²) in [6.07, 6.45) is 3.06. The molecule has 1 aliphatic heterocycles. The Morgan fingerprint density at radius 1 is 1.47 bits per heavy atom. The highest BCUT2D eigenvalue weighted by molar-refractivity contribution is 9.10. The predicted molar refractivity (Wildman–Crippen MR) is 78.2 cm³/mol. The first-order chi connectivity index (χ1) is 9.20. The molecule has 0 radical (unpaired) electrons. The molecule has 0 aliphatic carbocycles. The second kappa shape index (κ2) is 6.91. The van der Waals surface area contributed by atoms with E-state index < -0.39 is 0 Å². The lowest BCUT2D eigenvalue weighted by molar-refractivity contribution is -0.122. The highest BCUT2D eigenvalue weighted by Crippen LogP contribution is 2.25. The molecule has 1 fully saturated rings. The van der Waals surface area contributed by atoms with E-state index in [-0.39, 0.29) is 11.9 Å². The molecule has 1 atom stereocenters. The number of amides is 1. The number of rotatable bonds is 4. The Morgan fingerprint density at radius 2 is 2.32 bits per heavy atom. The van der Waals surface area contributed by atoms with Crippen molar-refractivity contribution < 1.29 is 9.53 Å². The van der Waals surface area contributed by atoms with Crippen LogP contribution in [0, 0.1) is 0 Å². The van der Waals surface area contributed by atoms with Crippen LogP contribution < -0.4 is 15.4 Å². The molecule has 1 heterocycles. The van der Waals surface area contributed by atoms with Crippen molar-refractivity contribution in [1.29, 1.82) is 0 Å². The maximum atomic E-state index is 11.8. The van der Waals surface area contributed by atoms with Crippen LogP contribution in [0.1, 0.15) is 24.8 Å². The number of methoxy groups -OCH3 is 1. The van der Waals surface area contributed by atoms with Gasteiger partial charge in [0.1, 0.15) is 5.75 Å². The van der Waals surface area contributed by atoms with Gasteiger partial charge < -0.3 is 15.4 Å². The van der Waals surface area contributed by atoms with Gasteiger partial charge in [0.25, 0.3) is 0 Å². The fourth-order valence-electron chi connectivity index (χ4n) is 2.20. The van der Waals surface area contributed by atoms with Crippen LogP contribution in [-0.2, 0) is 11.3 Å². The third-order valence-electron chi connectivity index (χ3n) is 3.30. The maximum Gasteiger partial charge on any atom is 0.237 e. The second-order valence-electron chi connectivity index (χ2n) is 4.69. The summed E-state index contributed by atoms with van der Waals surface area (Å²) in [6.45, 7) is 1.48. The van der Waals surface area contributed by atoms with E-state index in [1.165, 1.54) is 0 Å². The second-order valence-corrected chi connectivity index (χ2v) is 5.54. The SMILES string of the molecule is COc1ccc(CNC2CCCCNC2=O)cc1Br. The lowest BCUT2D eigenvalue weighted by atomic mass is 10.1. The molecule has 0 bridgehead atoms. The van der Waals surface area contributed by atoms with Gasteiger partial charge in [0, 0.05) is 13.1 Å². The standard InChI is InChI=1S/C14H19BrN2O2/c1-19-13-6-5-10(8-11(13)15)9-17-12-4-2-3-7-16-14(12)18/h5-6,8,12,17H,2-4,7,9H2,1H3,(H,16,18). The van der Waals surface area contributed by atoms with E-state index in [9.17, 15) is 4.79 Å². The van der Waals surface area contributed by atoms with Crippen molar-refractivity contribution in [3.8, 4) is 5.75 Å². The van der Waals surface area contributed by atoms with Crippen molar-refractivity contribution in [2.24, 2.45) is 0 Å². The summed E-state index contributed by atoms with van der Waals surface area (Å²) in [7, 11) is 1.65. The highest BCUT2D eigenvalue weighted by Gasteiger charge is 2.19. The molecule has 1 aromatic carbocycles. The Bertz CT molecular complexity index is 451. The largest absolute Gasteiger partial charge is 0.496 e. The van der Waals surface area contributed by atoms with E-state index in [1.807, 2.05) is 18.2 Å². The van der Waals surface area contributed by atoms with Crippen LogP contribution in [0.4, 0.5) is 0 Å². The Hall–Kier alpha value is -1.07. The summed E-state index contributed by atoms with van der Waals surface area (Å²) in [5, 5.41) is 6.25. The van der Waals surface area contributed by atoms with Crippen LogP contribution in [0.15, 0.2) is 22.7 Å². The van der Waals surface area contributed by atoms with Crippen molar-refractivity contribution >= 4 is 21.8 Å². The normalized spacial score (nSPS) is 19.7. The molecule has 4 nitrogen and oxygen atoms in total. The van der Waals surface area contributed by atoms with Crippen molar-refractivity contribution in [2.45, 2.75) is 31.8 Å². The average molecular weight is 327 g/mol. The number of benzene rings is 1. The fraction of sp³-hybridized carbons (Fsp3) is 0.500. The molecule has 5 heteroatoms. The van der Waals surface area contributed by atoms with Crippen LogP contribution in [0.2, 0.25) is 0 Å². The Balaban J connectivity index is 1.94. The van der Waals surface area contributed by atoms with E-state index in [0.717, 1.165) is 41.6 Å². The maximum absolute atomic E-state index is 11.8. The zero-order valence-corrected chi connectivity index (χ0v) is 12.6. The average Bonchev–Trinajstić information content (AvgIpc) is 2.61. The number of carbonyl (C=O) groups is 1. The smallest absolute Gasteiger partial charge is 0.237 e. The minimum absolute atomic E-state index is 0.0802. The summed E-state index contributed by atoms with van der Waals surface area (Å²) in [6, 6.07) is 5.86. The van der Waals surface area contributed by atoms with E-state index in [4.69, 9.17) is 4.74 Å². The molecule has 1 aliphatic rings. The summed E-state index contributed by atoms with van der Waals surface area (Å²) < 4.78 is 6.13. The zero-order valence-electron chi connectivity index (χ0n) is 11.0. The van der Waals surface area contributed by atoms with Gasteiger partial charge in [-0.2, -0.15) is 0 Å². The van der Waals surface area contributed by atoms with Gasteiger partial charge in [-0.1, -0.05) is 6.07 Å². The van der Waals surface area contributed by atoms with Crippen molar-refractivity contribution in [3.05, 3.63) is 28.2 Å². The topological polar surface area (TPSA) is 50.4 Å². The van der Waals surface area contributed by atoms with Gasteiger partial charge in [-0.25, -0.2) is 0 Å². The zero-order chi connectivity index (χ0) is 13.7. The molecule has 104 valence electrons. The lowest BCUT2D eigenvalue weighted by Gasteiger charge is -2.15. The third kappa shape index (κ3) is 3.94. The van der Waals surface area contributed by atoms with Gasteiger partial charge in [-0.3, -0.25) is 4.79 Å². The molecule has 2 N–H and O–H groups in total. The first-order valence-electron chi connectivity index (χ1n) is 6.54. The minimum atomic E-state index is -0.0802. The van der Waals surface area contributed by atoms with Gasteiger partial charge in [-0.05, 0) is 52.9 Å². The van der Waals surface area contributed by atoms with Gasteiger partial charge in [0.2, 0.25) is 5.91 Å². The summed E-state index contributed by atoms with van der Waals surface area (Å²) in [5.41, 5.74) is 1.13. The molecule has 0 aromatic heterocycles. The third-order valence-corrected chi connectivity index (χ3v) is 3.92. The molecule has 19 heavy (non-hydrogen) atoms. The fourth-order valence-corrected chi connectivity index (χ4v) is 2.78. The van der Waals surface area contributed by atoms with E-state index >= 15 is 0 Å². The predicted octanol–water partition coefficient (Wildman–Crippen LogP) is 2.22. The van der Waals surface area contributed by atoms with Crippen LogP contribution in [-0.4, -0.2) is 25.6 Å². The summed E-state index contributed by atoms with van der Waals surface area (Å²) in [4.78, 5) is 11.8. The van der Waals surface area contributed by atoms with E-state index in [1.54, 1.807) is 7.11 Å². The first kappa shape index (κ1) is 14.3. The van der Waals surface area contributed by atoms with Crippen molar-refractivity contribution in [3.63, 3.8) is 0 Å². The minimum Gasteiger partial charge on any atom is -0.496 e. The highest BCUT2D eigenvalue weighted by atomic mass is 79.9. The number of nitrogens with one attached hydrogen (secondary N) is 2. The summed E-state index contributed by atoms with van der Waals surface area (Å²) >= 11 is 3.47. The van der Waals surface area contributed by atoms with Gasteiger partial charge in [-0.15, -0.1) is 0 Å². The van der Waals surface area contributed by atoms with Gasteiger partial charge in [0.05, 0.1) is 17.6 Å². The number of hydrogen-bond donors (Lipinski definition) is 2. The summed E-state index contributed by atoms with van der Waals surface area (Å²) in [5.74, 6) is 0.932. The number of ether oxygens (including phenoxy) is 1. The van der Waals surface area contributed by atoms with Crippen LogP contribution in [0.5, 0.6) is 5.75 Å². The molecule has 1 saturated heterocycles. The molecular formula is C14H19BrN2O2. The molecule has 1 aromatic rings. The number of halogens is 1. The molecule has 2 rings (SSSR count). The Morgan fingerprint density at radius 3 is 3.05 bits per heavy atom. The van der Waals surface area contributed by atoms with Gasteiger partial charge >= 0.3 is 0 Å². The molecular weight excluding hydrogens is 308 g/mol. The van der Waals surface area contributed by atoms with Crippen LogP contribution in [0.25, 0.3) is 0 Å². The van der Waals surface area contributed by atoms with Crippen molar-refractivity contribution in [1.82, 2.24) is 10.6 Å². The van der Waals surface area contributed by atoms with E-state index in [0.29, 0.717) is 6.54 Å². The molecule has 1 amide bonds. The van der Waals surface area contributed by atoms with E-state index in [2.05, 4.69) is 26.6 Å². The lowest BCUT2D eigenvalue weighted by Crippen LogP contribution is -2.42.